The predicted molar refractivity (Wildman–Crippen MR) is 91.2 cm³/mol. The SMILES string of the molecule is CN(CCN(C)C1CC1)C(=O)c1occc1NC(=O)OC(C)(C)C. The molecule has 0 atom stereocenters. The molecule has 1 aliphatic carbocycles. The number of hydrogen-bond acceptors (Lipinski definition) is 5. The molecule has 1 heterocycles. The Morgan fingerprint density at radius 1 is 1.29 bits per heavy atom. The first kappa shape index (κ1) is 18.3. The van der Waals surface area contributed by atoms with Crippen LogP contribution in [0, 0.1) is 0 Å². The third-order valence-electron chi connectivity index (χ3n) is 3.80. The fourth-order valence-corrected chi connectivity index (χ4v) is 2.27. The van der Waals surface area contributed by atoms with Gasteiger partial charge in [-0.2, -0.15) is 0 Å². The Morgan fingerprint density at radius 2 is 1.96 bits per heavy atom. The fourth-order valence-electron chi connectivity index (χ4n) is 2.27. The third-order valence-corrected chi connectivity index (χ3v) is 3.80. The zero-order valence-electron chi connectivity index (χ0n) is 15.1. The highest BCUT2D eigenvalue weighted by Gasteiger charge is 2.27. The molecule has 1 aliphatic rings. The summed E-state index contributed by atoms with van der Waals surface area (Å²) in [6.07, 6.45) is 3.23. The van der Waals surface area contributed by atoms with Crippen molar-refractivity contribution in [2.45, 2.75) is 45.3 Å². The van der Waals surface area contributed by atoms with Gasteiger partial charge in [0.1, 0.15) is 5.60 Å². The highest BCUT2D eigenvalue weighted by molar-refractivity contribution is 6.00. The number of carbonyl (C=O) groups excluding carboxylic acids is 2. The lowest BCUT2D eigenvalue weighted by Gasteiger charge is -2.22. The van der Waals surface area contributed by atoms with Gasteiger partial charge in [-0.3, -0.25) is 10.1 Å². The Morgan fingerprint density at radius 3 is 2.54 bits per heavy atom. The predicted octanol–water partition coefficient (Wildman–Crippen LogP) is 2.79. The maximum atomic E-state index is 12.5. The van der Waals surface area contributed by atoms with Crippen LogP contribution in [0.4, 0.5) is 10.5 Å². The van der Waals surface area contributed by atoms with Crippen molar-refractivity contribution in [2.75, 3.05) is 32.5 Å². The first-order chi connectivity index (χ1) is 11.2. The lowest BCUT2D eigenvalue weighted by molar-refractivity contribution is 0.0635. The van der Waals surface area contributed by atoms with Crippen molar-refractivity contribution in [1.82, 2.24) is 9.80 Å². The Balaban J connectivity index is 1.92. The minimum absolute atomic E-state index is 0.109. The van der Waals surface area contributed by atoms with Crippen LogP contribution in [0.3, 0.4) is 0 Å². The van der Waals surface area contributed by atoms with Gasteiger partial charge in [0, 0.05) is 32.2 Å². The summed E-state index contributed by atoms with van der Waals surface area (Å²) < 4.78 is 10.5. The fraction of sp³-hybridized carbons (Fsp3) is 0.647. The number of rotatable bonds is 6. The molecule has 0 radical (unpaired) electrons. The van der Waals surface area contributed by atoms with E-state index in [1.807, 2.05) is 0 Å². The molecule has 2 amide bonds. The third kappa shape index (κ3) is 5.26. The molecule has 0 saturated heterocycles. The summed E-state index contributed by atoms with van der Waals surface area (Å²) in [5, 5.41) is 2.56. The van der Waals surface area contributed by atoms with E-state index < -0.39 is 11.7 Å². The molecule has 0 aliphatic heterocycles. The first-order valence-corrected chi connectivity index (χ1v) is 8.20. The van der Waals surface area contributed by atoms with Gasteiger partial charge in [0.15, 0.2) is 0 Å². The van der Waals surface area contributed by atoms with E-state index in [9.17, 15) is 9.59 Å². The number of ether oxygens (including phenoxy) is 1. The molecule has 1 saturated carbocycles. The van der Waals surface area contributed by atoms with Crippen LogP contribution in [-0.2, 0) is 4.74 Å². The number of anilines is 1. The summed E-state index contributed by atoms with van der Waals surface area (Å²) in [5.41, 5.74) is -0.293. The van der Waals surface area contributed by atoms with E-state index in [-0.39, 0.29) is 11.7 Å². The van der Waals surface area contributed by atoms with Crippen molar-refractivity contribution in [3.05, 3.63) is 18.1 Å². The standard InChI is InChI=1S/C17H27N3O4/c1-17(2,3)24-16(22)18-13-8-11-23-14(13)15(21)20(5)10-9-19(4)12-6-7-12/h8,11-12H,6-7,9-10H2,1-5H3,(H,18,22). The van der Waals surface area contributed by atoms with Crippen LogP contribution in [0.1, 0.15) is 44.2 Å². The van der Waals surface area contributed by atoms with Crippen molar-refractivity contribution in [3.63, 3.8) is 0 Å². The van der Waals surface area contributed by atoms with Gasteiger partial charge in [0.2, 0.25) is 5.76 Å². The summed E-state index contributed by atoms with van der Waals surface area (Å²) in [6.45, 7) is 6.73. The molecule has 1 fully saturated rings. The van der Waals surface area contributed by atoms with E-state index in [1.54, 1.807) is 38.8 Å². The maximum absolute atomic E-state index is 12.5. The largest absolute Gasteiger partial charge is 0.457 e. The minimum atomic E-state index is -0.617. The lowest BCUT2D eigenvalue weighted by atomic mass is 10.2. The Kier molecular flexibility index (Phi) is 5.54. The van der Waals surface area contributed by atoms with Crippen LogP contribution in [0.2, 0.25) is 0 Å². The molecule has 1 aromatic rings. The van der Waals surface area contributed by atoms with Crippen LogP contribution in [0.5, 0.6) is 0 Å². The molecule has 0 aromatic carbocycles. The zero-order valence-corrected chi connectivity index (χ0v) is 15.1. The van der Waals surface area contributed by atoms with Crippen molar-refractivity contribution < 1.29 is 18.7 Å². The van der Waals surface area contributed by atoms with Crippen LogP contribution < -0.4 is 5.32 Å². The number of hydrogen-bond donors (Lipinski definition) is 1. The number of furan rings is 1. The zero-order chi connectivity index (χ0) is 17.9. The first-order valence-electron chi connectivity index (χ1n) is 8.20. The molecule has 0 bridgehead atoms. The number of nitrogens with zero attached hydrogens (tertiary/aromatic N) is 2. The van der Waals surface area contributed by atoms with E-state index in [2.05, 4.69) is 17.3 Å². The molecule has 134 valence electrons. The van der Waals surface area contributed by atoms with Crippen molar-refractivity contribution in [3.8, 4) is 0 Å². The second kappa shape index (κ2) is 7.25. The number of carbonyl (C=O) groups is 2. The minimum Gasteiger partial charge on any atom is -0.457 e. The topological polar surface area (TPSA) is 75.0 Å². The molecule has 1 aromatic heterocycles. The van der Waals surface area contributed by atoms with Gasteiger partial charge in [0.25, 0.3) is 5.91 Å². The highest BCUT2D eigenvalue weighted by Crippen LogP contribution is 2.25. The Bertz CT molecular complexity index is 587. The van der Waals surface area contributed by atoms with Gasteiger partial charge in [-0.15, -0.1) is 0 Å². The van der Waals surface area contributed by atoms with Crippen molar-refractivity contribution in [1.29, 1.82) is 0 Å². The van der Waals surface area contributed by atoms with Gasteiger partial charge in [-0.1, -0.05) is 0 Å². The summed E-state index contributed by atoms with van der Waals surface area (Å²) in [4.78, 5) is 28.2. The van der Waals surface area contributed by atoms with Gasteiger partial charge >= 0.3 is 6.09 Å². The Labute approximate surface area is 142 Å². The highest BCUT2D eigenvalue weighted by atomic mass is 16.6. The molecule has 1 N–H and O–H groups in total. The molecular formula is C17H27N3O4. The second-order valence-electron chi connectivity index (χ2n) is 7.23. The maximum Gasteiger partial charge on any atom is 0.412 e. The quantitative estimate of drug-likeness (QED) is 0.864. The summed E-state index contributed by atoms with van der Waals surface area (Å²) in [5.74, 6) is -0.160. The van der Waals surface area contributed by atoms with E-state index in [0.29, 0.717) is 18.3 Å². The van der Waals surface area contributed by atoms with Crippen LogP contribution in [0.15, 0.2) is 16.7 Å². The number of likely N-dealkylation sites (N-methyl/N-ethyl adjacent to an activating group) is 2. The van der Waals surface area contributed by atoms with Crippen LogP contribution in [0.25, 0.3) is 0 Å². The summed E-state index contributed by atoms with van der Waals surface area (Å²) >= 11 is 0. The molecule has 0 unspecified atom stereocenters. The average molecular weight is 337 g/mol. The molecule has 24 heavy (non-hydrogen) atoms. The molecule has 2 rings (SSSR count). The van der Waals surface area contributed by atoms with E-state index in [4.69, 9.17) is 9.15 Å². The van der Waals surface area contributed by atoms with Crippen LogP contribution >= 0.6 is 0 Å². The number of amides is 2. The van der Waals surface area contributed by atoms with E-state index in [0.717, 1.165) is 6.54 Å². The molecule has 7 nitrogen and oxygen atoms in total. The Hall–Kier alpha value is -2.02. The summed E-state index contributed by atoms with van der Waals surface area (Å²) in [6, 6.07) is 2.20. The molecular weight excluding hydrogens is 310 g/mol. The van der Waals surface area contributed by atoms with Gasteiger partial charge in [0.05, 0.1) is 12.0 Å². The van der Waals surface area contributed by atoms with E-state index in [1.165, 1.54) is 19.1 Å². The average Bonchev–Trinajstić information content (AvgIpc) is 3.22. The normalized spacial score (nSPS) is 14.6. The second-order valence-corrected chi connectivity index (χ2v) is 7.23. The smallest absolute Gasteiger partial charge is 0.412 e. The summed E-state index contributed by atoms with van der Waals surface area (Å²) in [7, 11) is 3.79. The van der Waals surface area contributed by atoms with Crippen LogP contribution in [-0.4, -0.2) is 60.6 Å². The number of nitrogens with one attached hydrogen (secondary N) is 1. The van der Waals surface area contributed by atoms with Crippen molar-refractivity contribution >= 4 is 17.7 Å². The van der Waals surface area contributed by atoms with Gasteiger partial charge < -0.3 is 19.0 Å². The monoisotopic (exact) mass is 337 g/mol. The van der Waals surface area contributed by atoms with Gasteiger partial charge in [-0.25, -0.2) is 4.79 Å². The van der Waals surface area contributed by atoms with E-state index >= 15 is 0 Å². The molecule has 7 heteroatoms. The molecule has 0 spiro atoms. The van der Waals surface area contributed by atoms with Gasteiger partial charge in [-0.05, 0) is 40.7 Å². The lowest BCUT2D eigenvalue weighted by Crippen LogP contribution is -2.36. The van der Waals surface area contributed by atoms with Crippen molar-refractivity contribution in [2.24, 2.45) is 0 Å².